The number of rotatable bonds is 12. The van der Waals surface area contributed by atoms with Crippen LogP contribution in [-0.2, 0) is 42.1 Å². The molecule has 10 nitrogen and oxygen atoms in total. The summed E-state index contributed by atoms with van der Waals surface area (Å²) in [6, 6.07) is 28.9. The Morgan fingerprint density at radius 3 is 2.36 bits per heavy atom. The summed E-state index contributed by atoms with van der Waals surface area (Å²) in [5.41, 5.74) is 9.74. The van der Waals surface area contributed by atoms with Gasteiger partial charge in [0.15, 0.2) is 17.6 Å². The van der Waals surface area contributed by atoms with Gasteiger partial charge in [-0.25, -0.2) is 4.79 Å². The lowest BCUT2D eigenvalue weighted by Gasteiger charge is -2.37. The number of carboxylic acids is 1. The number of nitrogens with one attached hydrogen (secondary N) is 1. The van der Waals surface area contributed by atoms with Crippen LogP contribution in [0.3, 0.4) is 0 Å². The van der Waals surface area contributed by atoms with Crippen molar-refractivity contribution in [2.75, 3.05) is 6.61 Å². The molecule has 0 bridgehead atoms. The third-order valence-corrected chi connectivity index (χ3v) is 11.7. The van der Waals surface area contributed by atoms with E-state index in [1.165, 1.54) is 0 Å². The summed E-state index contributed by atoms with van der Waals surface area (Å²) in [5, 5.41) is 14.1. The van der Waals surface area contributed by atoms with Crippen LogP contribution in [0.1, 0.15) is 50.7 Å². The summed E-state index contributed by atoms with van der Waals surface area (Å²) < 4.78 is 18.7. The zero-order valence-corrected chi connectivity index (χ0v) is 34.0. The lowest BCUT2D eigenvalue weighted by Crippen LogP contribution is -2.54. The first kappa shape index (κ1) is 39.9. The number of aliphatic carboxylic acids is 1. The van der Waals surface area contributed by atoms with E-state index in [0.717, 1.165) is 55.8 Å². The number of hydrogen-bond donors (Lipinski definition) is 2. The molecule has 0 saturated carbocycles. The number of ether oxygens (including phenoxy) is 3. The van der Waals surface area contributed by atoms with E-state index >= 15 is 0 Å². The average Bonchev–Trinajstić information content (AvgIpc) is 3.24. The number of nitrogens with zero attached hydrogens (tertiary/aromatic N) is 3. The van der Waals surface area contributed by atoms with Gasteiger partial charge in [0.1, 0.15) is 25.0 Å². The molecule has 2 aliphatic rings. The van der Waals surface area contributed by atoms with Crippen molar-refractivity contribution in [1.82, 2.24) is 20.2 Å². The summed E-state index contributed by atoms with van der Waals surface area (Å²) in [6.07, 6.45) is 5.39. The third-order valence-electron chi connectivity index (χ3n) is 11.0. The van der Waals surface area contributed by atoms with Crippen LogP contribution in [0.5, 0.6) is 17.2 Å². The molecule has 2 aromatic heterocycles. The third kappa shape index (κ3) is 9.20. The molecule has 4 heterocycles. The van der Waals surface area contributed by atoms with E-state index in [9.17, 15) is 14.7 Å². The Bertz CT molecular complexity index is 2480. The summed E-state index contributed by atoms with van der Waals surface area (Å²) in [7, 11) is 0. The van der Waals surface area contributed by atoms with Crippen LogP contribution in [0.15, 0.2) is 116 Å². The monoisotopic (exact) mass is 828 g/mol. The molecule has 0 aliphatic carbocycles. The van der Waals surface area contributed by atoms with Gasteiger partial charge in [-0.2, -0.15) is 0 Å². The van der Waals surface area contributed by atoms with Crippen LogP contribution in [0.25, 0.3) is 11.1 Å². The first-order valence-corrected chi connectivity index (χ1v) is 20.1. The average molecular weight is 830 g/mol. The van der Waals surface area contributed by atoms with E-state index in [-0.39, 0.29) is 18.4 Å². The number of fused-ring (bicyclic) bond motifs is 2. The van der Waals surface area contributed by atoms with Crippen LogP contribution in [0.2, 0.25) is 10.0 Å². The van der Waals surface area contributed by atoms with Crippen molar-refractivity contribution in [3.8, 4) is 28.4 Å². The molecule has 6 aromatic rings. The summed E-state index contributed by atoms with van der Waals surface area (Å²) in [5.74, 6) is 0.481. The van der Waals surface area contributed by atoms with Gasteiger partial charge in [-0.05, 0) is 125 Å². The minimum Gasteiger partial charge on any atom is -0.489 e. The van der Waals surface area contributed by atoms with Gasteiger partial charge < -0.3 is 24.6 Å². The largest absolute Gasteiger partial charge is 0.489 e. The zero-order chi connectivity index (χ0) is 41.0. The number of benzene rings is 4. The highest BCUT2D eigenvalue weighted by atomic mass is 35.5. The number of halogens is 2. The smallest absolute Gasteiger partial charge is 0.326 e. The standard InChI is InChI=1S/C47H42Cl2N4O6/c1-28-29(2)51-18-15-38(28)33-6-3-30(4-7-33)20-41(47(55)56)52-46(54)42-21-35-22-43-44(23-36(35)25-53(42)24-31-13-16-50-17-14-31)59-45(27-58-43)34-8-10-37(11-9-34)57-26-32-5-12-39(48)40(49)19-32/h3-19,22-23,41-42,45H,20-21,24-27H2,1-2H3,(H,52,54)(H,55,56)/t41?,42-,45+/m0/s1. The maximum absolute atomic E-state index is 14.2. The quantitative estimate of drug-likeness (QED) is 0.125. The number of carboxylic acid groups (broad SMARTS) is 1. The molecule has 59 heavy (non-hydrogen) atoms. The van der Waals surface area contributed by atoms with E-state index in [4.69, 9.17) is 37.4 Å². The maximum atomic E-state index is 14.2. The second-order valence-corrected chi connectivity index (χ2v) is 15.8. The summed E-state index contributed by atoms with van der Waals surface area (Å²) >= 11 is 12.2. The molecule has 2 aliphatic heterocycles. The van der Waals surface area contributed by atoms with Gasteiger partial charge in [-0.15, -0.1) is 0 Å². The van der Waals surface area contributed by atoms with E-state index in [2.05, 4.69) is 20.2 Å². The van der Waals surface area contributed by atoms with Crippen molar-refractivity contribution in [1.29, 1.82) is 0 Å². The second kappa shape index (κ2) is 17.5. The molecule has 12 heteroatoms. The molecular weight excluding hydrogens is 787 g/mol. The van der Waals surface area contributed by atoms with Crippen molar-refractivity contribution >= 4 is 35.1 Å². The lowest BCUT2D eigenvalue weighted by atomic mass is 9.91. The molecule has 2 N–H and O–H groups in total. The number of carbonyl (C=O) groups is 2. The molecule has 1 amide bonds. The molecule has 0 saturated heterocycles. The maximum Gasteiger partial charge on any atom is 0.326 e. The van der Waals surface area contributed by atoms with Crippen molar-refractivity contribution in [2.24, 2.45) is 0 Å². The van der Waals surface area contributed by atoms with Gasteiger partial charge in [0.25, 0.3) is 0 Å². The first-order chi connectivity index (χ1) is 28.6. The van der Waals surface area contributed by atoms with Gasteiger partial charge in [-0.3, -0.25) is 19.7 Å². The lowest BCUT2D eigenvalue weighted by molar-refractivity contribution is -0.142. The van der Waals surface area contributed by atoms with E-state index in [0.29, 0.717) is 60.0 Å². The van der Waals surface area contributed by atoms with Crippen molar-refractivity contribution in [3.05, 3.63) is 170 Å². The van der Waals surface area contributed by atoms with Gasteiger partial charge in [0, 0.05) is 43.8 Å². The zero-order valence-electron chi connectivity index (χ0n) is 32.5. The normalized spacial score (nSPS) is 16.5. The molecule has 0 spiro atoms. The second-order valence-electron chi connectivity index (χ2n) is 14.9. The number of aryl methyl sites for hydroxylation is 1. The molecule has 4 aromatic carbocycles. The van der Waals surface area contributed by atoms with Gasteiger partial charge in [0.2, 0.25) is 5.91 Å². The highest BCUT2D eigenvalue weighted by Gasteiger charge is 2.36. The van der Waals surface area contributed by atoms with Crippen molar-refractivity contribution in [3.63, 3.8) is 0 Å². The highest BCUT2D eigenvalue weighted by molar-refractivity contribution is 6.42. The highest BCUT2D eigenvalue weighted by Crippen LogP contribution is 2.41. The first-order valence-electron chi connectivity index (χ1n) is 19.4. The van der Waals surface area contributed by atoms with Crippen molar-refractivity contribution < 1.29 is 28.9 Å². The Labute approximate surface area is 352 Å². The molecule has 0 fully saturated rings. The molecule has 1 unspecified atom stereocenters. The minimum atomic E-state index is -1.12. The number of aromatic nitrogens is 2. The molecule has 0 radical (unpaired) electrons. The minimum absolute atomic E-state index is 0.137. The van der Waals surface area contributed by atoms with E-state index < -0.39 is 18.1 Å². The van der Waals surface area contributed by atoms with Crippen molar-refractivity contribution in [2.45, 2.75) is 64.6 Å². The van der Waals surface area contributed by atoms with Crippen LogP contribution in [0, 0.1) is 13.8 Å². The Hall–Kier alpha value is -5.94. The Morgan fingerprint density at radius 1 is 0.864 bits per heavy atom. The predicted molar refractivity (Wildman–Crippen MR) is 226 cm³/mol. The van der Waals surface area contributed by atoms with Gasteiger partial charge >= 0.3 is 5.97 Å². The molecule has 8 rings (SSSR count). The Morgan fingerprint density at radius 2 is 1.61 bits per heavy atom. The van der Waals surface area contributed by atoms with Gasteiger partial charge in [0.05, 0.1) is 16.1 Å². The van der Waals surface area contributed by atoms with Crippen LogP contribution in [-0.4, -0.2) is 50.5 Å². The van der Waals surface area contributed by atoms with E-state index in [1.54, 1.807) is 30.7 Å². The van der Waals surface area contributed by atoms with Crippen LogP contribution >= 0.6 is 23.2 Å². The predicted octanol–water partition coefficient (Wildman–Crippen LogP) is 8.90. The number of carbonyl (C=O) groups excluding carboxylic acids is 1. The fraction of sp³-hybridized carbons (Fsp3) is 0.234. The SMILES string of the molecule is Cc1nccc(-c2ccc(CC(NC(=O)[C@@H]3Cc4cc5c(cc4CN3Cc3ccncc3)O[C@@H](c3ccc(OCc4ccc(Cl)c(Cl)c4)cc3)CO5)C(=O)O)cc2)c1C. The molecule has 300 valence electrons. The Balaban J connectivity index is 0.962. The number of pyridine rings is 2. The fourth-order valence-electron chi connectivity index (χ4n) is 7.57. The Kier molecular flexibility index (Phi) is 11.8. The number of hydrogen-bond acceptors (Lipinski definition) is 8. The fourth-order valence-corrected chi connectivity index (χ4v) is 7.89. The molecule has 3 atom stereocenters. The summed E-state index contributed by atoms with van der Waals surface area (Å²) in [4.78, 5) is 37.3. The topological polar surface area (TPSA) is 123 Å². The van der Waals surface area contributed by atoms with Gasteiger partial charge in [-0.1, -0.05) is 65.7 Å². The number of amides is 1. The summed E-state index contributed by atoms with van der Waals surface area (Å²) in [6.45, 7) is 5.56. The van der Waals surface area contributed by atoms with E-state index in [1.807, 2.05) is 98.8 Å². The van der Waals surface area contributed by atoms with Crippen LogP contribution < -0.4 is 19.5 Å². The molecular formula is C47H42Cl2N4O6. The van der Waals surface area contributed by atoms with Crippen LogP contribution in [0.4, 0.5) is 0 Å².